The van der Waals surface area contributed by atoms with E-state index in [1.165, 1.54) is 19.3 Å². The van der Waals surface area contributed by atoms with Crippen molar-refractivity contribution >= 4 is 17.7 Å². The van der Waals surface area contributed by atoms with Gasteiger partial charge in [-0.15, -0.1) is 0 Å². The quantitative estimate of drug-likeness (QED) is 0.750. The van der Waals surface area contributed by atoms with E-state index in [0.717, 1.165) is 30.1 Å². The van der Waals surface area contributed by atoms with Crippen LogP contribution in [0.5, 0.6) is 0 Å². The lowest BCUT2D eigenvalue weighted by atomic mass is 9.62. The van der Waals surface area contributed by atoms with Crippen molar-refractivity contribution < 1.29 is 14.4 Å². The maximum Gasteiger partial charge on any atom is 0.255 e. The number of imide groups is 1. The lowest BCUT2D eigenvalue weighted by molar-refractivity contribution is -0.136. The van der Waals surface area contributed by atoms with Crippen molar-refractivity contribution in [2.45, 2.75) is 56.8 Å². The van der Waals surface area contributed by atoms with Crippen LogP contribution in [0.2, 0.25) is 0 Å². The first-order valence-electron chi connectivity index (χ1n) is 10.2. The van der Waals surface area contributed by atoms with Crippen LogP contribution in [0, 0.1) is 5.92 Å². The normalized spacial score (nSPS) is 32.2. The van der Waals surface area contributed by atoms with Gasteiger partial charge in [0.05, 0.1) is 0 Å². The van der Waals surface area contributed by atoms with Crippen molar-refractivity contribution in [3.63, 3.8) is 0 Å². The summed E-state index contributed by atoms with van der Waals surface area (Å²) < 4.78 is 0. The van der Waals surface area contributed by atoms with Gasteiger partial charge >= 0.3 is 0 Å². The summed E-state index contributed by atoms with van der Waals surface area (Å²) >= 11 is 0. The number of amides is 3. The fourth-order valence-electron chi connectivity index (χ4n) is 5.52. The molecule has 4 aliphatic heterocycles. The Labute approximate surface area is 164 Å². The second-order valence-corrected chi connectivity index (χ2v) is 8.80. The fraction of sp³-hybridized carbons (Fsp3) is 0.571. The molecule has 7 heteroatoms. The van der Waals surface area contributed by atoms with Gasteiger partial charge < -0.3 is 10.6 Å². The number of carbonyl (C=O) groups excluding carboxylic acids is 3. The van der Waals surface area contributed by atoms with E-state index in [0.29, 0.717) is 25.1 Å². The van der Waals surface area contributed by atoms with Gasteiger partial charge in [-0.2, -0.15) is 0 Å². The zero-order valence-corrected chi connectivity index (χ0v) is 15.9. The van der Waals surface area contributed by atoms with Gasteiger partial charge in [-0.05, 0) is 55.3 Å². The molecule has 5 aliphatic rings. The lowest BCUT2D eigenvalue weighted by Crippen LogP contribution is -2.65. The van der Waals surface area contributed by atoms with E-state index < -0.39 is 6.04 Å². The molecular formula is C21H26N4O3. The van der Waals surface area contributed by atoms with Gasteiger partial charge in [-0.3, -0.25) is 24.6 Å². The minimum atomic E-state index is -0.560. The van der Waals surface area contributed by atoms with Crippen molar-refractivity contribution in [1.29, 1.82) is 0 Å². The van der Waals surface area contributed by atoms with Crippen LogP contribution in [0.4, 0.5) is 0 Å². The third-order valence-corrected chi connectivity index (χ3v) is 7.16. The summed E-state index contributed by atoms with van der Waals surface area (Å²) in [5.74, 6) is 0.0994. The van der Waals surface area contributed by atoms with Gasteiger partial charge in [0.15, 0.2) is 0 Å². The number of fused-ring (bicyclic) bond motifs is 3. The molecule has 6 rings (SSSR count). The number of carbonyl (C=O) groups is 3. The third-order valence-electron chi connectivity index (χ3n) is 7.16. The minimum absolute atomic E-state index is 0.109. The first-order valence-corrected chi connectivity index (χ1v) is 10.2. The molecule has 148 valence electrons. The number of nitrogens with zero attached hydrogens (tertiary/aromatic N) is 2. The summed E-state index contributed by atoms with van der Waals surface area (Å²) in [6, 6.07) is 5.53. The van der Waals surface area contributed by atoms with E-state index in [9.17, 15) is 14.4 Å². The minimum Gasteiger partial charge on any atom is -0.329 e. The van der Waals surface area contributed by atoms with Crippen molar-refractivity contribution in [3.05, 3.63) is 34.9 Å². The molecule has 1 atom stereocenters. The average molecular weight is 382 g/mol. The van der Waals surface area contributed by atoms with Crippen molar-refractivity contribution in [1.82, 2.24) is 15.1 Å². The molecule has 3 saturated heterocycles. The molecule has 28 heavy (non-hydrogen) atoms. The molecule has 0 aromatic heterocycles. The molecule has 1 aromatic rings. The largest absolute Gasteiger partial charge is 0.329 e. The van der Waals surface area contributed by atoms with Crippen LogP contribution in [-0.4, -0.2) is 52.2 Å². The molecule has 4 heterocycles. The highest BCUT2D eigenvalue weighted by atomic mass is 16.2. The topological polar surface area (TPSA) is 95.7 Å². The molecule has 3 N–H and O–H groups in total. The van der Waals surface area contributed by atoms with Crippen LogP contribution in [0.25, 0.3) is 0 Å². The highest BCUT2D eigenvalue weighted by molar-refractivity contribution is 6.05. The van der Waals surface area contributed by atoms with Gasteiger partial charge in [-0.1, -0.05) is 12.1 Å². The molecule has 0 radical (unpaired) electrons. The molecule has 2 bridgehead atoms. The Bertz CT molecular complexity index is 861. The van der Waals surface area contributed by atoms with E-state index in [1.807, 2.05) is 12.1 Å². The van der Waals surface area contributed by atoms with E-state index >= 15 is 0 Å². The summed E-state index contributed by atoms with van der Waals surface area (Å²) in [4.78, 5) is 40.7. The average Bonchev–Trinajstić information content (AvgIpc) is 2.97. The van der Waals surface area contributed by atoms with Gasteiger partial charge in [0.2, 0.25) is 11.8 Å². The van der Waals surface area contributed by atoms with Crippen LogP contribution >= 0.6 is 0 Å². The monoisotopic (exact) mass is 382 g/mol. The van der Waals surface area contributed by atoms with E-state index in [1.54, 1.807) is 4.90 Å². The molecule has 7 nitrogen and oxygen atoms in total. The van der Waals surface area contributed by atoms with Gasteiger partial charge in [0.25, 0.3) is 5.91 Å². The zero-order chi connectivity index (χ0) is 19.5. The lowest BCUT2D eigenvalue weighted by Gasteiger charge is -2.59. The third kappa shape index (κ3) is 2.68. The molecule has 1 saturated carbocycles. The highest BCUT2D eigenvalue weighted by Gasteiger charge is 2.50. The first-order chi connectivity index (χ1) is 13.5. The zero-order valence-electron chi connectivity index (χ0n) is 15.9. The second kappa shape index (κ2) is 6.39. The van der Waals surface area contributed by atoms with E-state index in [2.05, 4.69) is 16.3 Å². The smallest absolute Gasteiger partial charge is 0.255 e. The predicted molar refractivity (Wildman–Crippen MR) is 102 cm³/mol. The SMILES string of the molecule is NCC12CC(CCN1Cc1ccc3c(c1)C(=O)N(C1CCC(=O)NC1=O)C3)C2. The van der Waals surface area contributed by atoms with E-state index in [-0.39, 0.29) is 29.7 Å². The summed E-state index contributed by atoms with van der Waals surface area (Å²) in [5, 5.41) is 2.35. The number of piperidine rings is 3. The van der Waals surface area contributed by atoms with Crippen LogP contribution in [0.3, 0.4) is 0 Å². The summed E-state index contributed by atoms with van der Waals surface area (Å²) in [6.45, 7) is 2.99. The predicted octanol–water partition coefficient (Wildman–Crippen LogP) is 0.761. The maximum atomic E-state index is 13.0. The van der Waals surface area contributed by atoms with Gasteiger partial charge in [-0.25, -0.2) is 0 Å². The second-order valence-electron chi connectivity index (χ2n) is 8.80. The number of rotatable bonds is 4. The Morgan fingerprint density at radius 2 is 2.00 bits per heavy atom. The maximum absolute atomic E-state index is 13.0. The molecule has 1 aliphatic carbocycles. The fourth-order valence-corrected chi connectivity index (χ4v) is 5.52. The van der Waals surface area contributed by atoms with Crippen LogP contribution in [-0.2, 0) is 22.7 Å². The Balaban J connectivity index is 1.34. The Morgan fingerprint density at radius 1 is 1.18 bits per heavy atom. The molecule has 0 spiro atoms. The molecule has 1 aromatic carbocycles. The molecule has 4 fully saturated rings. The van der Waals surface area contributed by atoms with E-state index in [4.69, 9.17) is 5.73 Å². The molecular weight excluding hydrogens is 356 g/mol. The van der Waals surface area contributed by atoms with Crippen LogP contribution in [0.15, 0.2) is 18.2 Å². The van der Waals surface area contributed by atoms with Crippen molar-refractivity contribution in [2.24, 2.45) is 11.7 Å². The van der Waals surface area contributed by atoms with Crippen LogP contribution < -0.4 is 11.1 Å². The van der Waals surface area contributed by atoms with Crippen molar-refractivity contribution in [2.75, 3.05) is 13.1 Å². The molecule has 3 amide bonds. The number of nitrogens with one attached hydrogen (secondary N) is 1. The first kappa shape index (κ1) is 17.8. The standard InChI is InChI=1S/C21H26N4O3/c22-12-21-8-14(9-21)5-6-24(21)10-13-1-2-15-11-25(20(28)16(15)7-13)17-3-4-18(26)23-19(17)27/h1-2,7,14,17H,3-6,8-12,22H2,(H,23,26,27). The Morgan fingerprint density at radius 3 is 2.75 bits per heavy atom. The number of benzene rings is 1. The van der Waals surface area contributed by atoms with Crippen LogP contribution in [0.1, 0.15) is 53.6 Å². The Kier molecular flexibility index (Phi) is 4.07. The summed E-state index contributed by atoms with van der Waals surface area (Å²) in [7, 11) is 0. The highest BCUT2D eigenvalue weighted by Crippen LogP contribution is 2.48. The number of nitrogens with two attached hydrogens (primary N) is 1. The molecule has 1 unspecified atom stereocenters. The van der Waals surface area contributed by atoms with Crippen molar-refractivity contribution in [3.8, 4) is 0 Å². The van der Waals surface area contributed by atoms with Gasteiger partial charge in [0, 0.05) is 37.2 Å². The summed E-state index contributed by atoms with van der Waals surface area (Å²) in [6.07, 6.45) is 4.28. The number of hydrogen-bond donors (Lipinski definition) is 2. The summed E-state index contributed by atoms with van der Waals surface area (Å²) in [5.41, 5.74) is 9.00. The van der Waals surface area contributed by atoms with Gasteiger partial charge in [0.1, 0.15) is 6.04 Å². The Hall–Kier alpha value is -2.25. The number of hydrogen-bond acceptors (Lipinski definition) is 5.